The monoisotopic (exact) mass is 430 g/mol. The van der Waals surface area contributed by atoms with E-state index in [9.17, 15) is 9.00 Å². The number of hydrogen-bond donors (Lipinski definition) is 0. The van der Waals surface area contributed by atoms with Crippen molar-refractivity contribution in [3.63, 3.8) is 0 Å². The first-order valence-electron chi connectivity index (χ1n) is 9.38. The van der Waals surface area contributed by atoms with Crippen LogP contribution in [0.2, 0.25) is 0 Å². The minimum Gasteiger partial charge on any atom is -0.267 e. The molecule has 152 valence electrons. The lowest BCUT2D eigenvalue weighted by atomic mass is 10.3. The summed E-state index contributed by atoms with van der Waals surface area (Å²) < 4.78 is 20.7. The maximum Gasteiger partial charge on any atom is 0.278 e. The molecule has 4 rings (SSSR count). The van der Waals surface area contributed by atoms with E-state index >= 15 is 0 Å². The highest BCUT2D eigenvalue weighted by atomic mass is 32.2. The van der Waals surface area contributed by atoms with Crippen molar-refractivity contribution in [2.75, 3.05) is 17.8 Å². The quantitative estimate of drug-likeness (QED) is 0.350. The van der Waals surface area contributed by atoms with Crippen molar-refractivity contribution in [3.05, 3.63) is 47.4 Å². The highest BCUT2D eigenvalue weighted by Gasteiger charge is 2.19. The molecule has 0 amide bonds. The van der Waals surface area contributed by atoms with Gasteiger partial charge in [-0.15, -0.1) is 6.58 Å². The van der Waals surface area contributed by atoms with Crippen LogP contribution in [0.1, 0.15) is 19.3 Å². The van der Waals surface area contributed by atoms with Gasteiger partial charge in [0.2, 0.25) is 0 Å². The van der Waals surface area contributed by atoms with E-state index < -0.39 is 9.73 Å². The van der Waals surface area contributed by atoms with Gasteiger partial charge in [-0.25, -0.2) is 28.5 Å². The Hall–Kier alpha value is -2.46. The maximum absolute atomic E-state index is 13.0. The van der Waals surface area contributed by atoms with E-state index in [1.165, 1.54) is 16.4 Å². The van der Waals surface area contributed by atoms with Gasteiger partial charge in [0.15, 0.2) is 22.4 Å². The van der Waals surface area contributed by atoms with E-state index in [0.29, 0.717) is 45.9 Å². The SMILES string of the molecule is C=CCn1c(=O)c2cnc(SC)nc2n1-c1cccc(N=S2(=O)CCCCC2)n1. The Morgan fingerprint density at radius 2 is 2.07 bits per heavy atom. The van der Waals surface area contributed by atoms with Crippen molar-refractivity contribution >= 4 is 38.3 Å². The molecule has 0 atom stereocenters. The second-order valence-electron chi connectivity index (χ2n) is 6.77. The molecular formula is C19H22N6O2S2. The van der Waals surface area contributed by atoms with Gasteiger partial charge in [0, 0.05) is 17.7 Å². The maximum atomic E-state index is 13.0. The number of allylic oxidation sites excluding steroid dienone is 1. The standard InChI is InChI=1S/C19H22N6O2S2/c1-3-10-24-18(26)14-13-20-19(28-2)22-17(14)25(24)16-9-7-8-15(21-16)23-29(27)11-5-4-6-12-29/h3,7-9,13H,1,4-6,10-12H2,2H3. The minimum atomic E-state index is -2.27. The highest BCUT2D eigenvalue weighted by molar-refractivity contribution is 7.98. The van der Waals surface area contributed by atoms with Crippen LogP contribution in [-0.4, -0.2) is 46.3 Å². The van der Waals surface area contributed by atoms with Gasteiger partial charge in [-0.1, -0.05) is 30.3 Å². The zero-order valence-corrected chi connectivity index (χ0v) is 17.8. The molecule has 1 fully saturated rings. The van der Waals surface area contributed by atoms with Gasteiger partial charge in [-0.2, -0.15) is 4.36 Å². The lowest BCUT2D eigenvalue weighted by Gasteiger charge is -2.15. The molecule has 1 aliphatic heterocycles. The van der Waals surface area contributed by atoms with E-state index in [1.807, 2.05) is 6.26 Å². The van der Waals surface area contributed by atoms with Crippen LogP contribution in [0, 0.1) is 0 Å². The number of rotatable bonds is 5. The van der Waals surface area contributed by atoms with Crippen molar-refractivity contribution in [2.24, 2.45) is 4.36 Å². The second-order valence-corrected chi connectivity index (χ2v) is 10.1. The van der Waals surface area contributed by atoms with Gasteiger partial charge >= 0.3 is 0 Å². The lowest BCUT2D eigenvalue weighted by Crippen LogP contribution is -2.22. The van der Waals surface area contributed by atoms with E-state index in [4.69, 9.17) is 0 Å². The molecule has 0 unspecified atom stereocenters. The Morgan fingerprint density at radius 1 is 1.28 bits per heavy atom. The molecule has 0 radical (unpaired) electrons. The van der Waals surface area contributed by atoms with Crippen LogP contribution < -0.4 is 5.56 Å². The normalized spacial score (nSPS) is 16.0. The fraction of sp³-hybridized carbons (Fsp3) is 0.368. The third kappa shape index (κ3) is 3.86. The number of hydrogen-bond acceptors (Lipinski definition) is 7. The Morgan fingerprint density at radius 3 is 2.79 bits per heavy atom. The van der Waals surface area contributed by atoms with Gasteiger partial charge in [-0.3, -0.25) is 4.79 Å². The molecule has 0 N–H and O–H groups in total. The van der Waals surface area contributed by atoms with Crippen molar-refractivity contribution in [1.29, 1.82) is 0 Å². The minimum absolute atomic E-state index is 0.213. The van der Waals surface area contributed by atoms with Crippen LogP contribution in [0.5, 0.6) is 0 Å². The van der Waals surface area contributed by atoms with Crippen LogP contribution in [0.15, 0.2) is 51.4 Å². The van der Waals surface area contributed by atoms with Gasteiger partial charge in [0.05, 0.1) is 16.3 Å². The zero-order valence-electron chi connectivity index (χ0n) is 16.2. The summed E-state index contributed by atoms with van der Waals surface area (Å²) in [4.78, 5) is 26.2. The molecule has 1 aliphatic rings. The summed E-state index contributed by atoms with van der Waals surface area (Å²) in [5.41, 5.74) is 0.262. The van der Waals surface area contributed by atoms with E-state index in [2.05, 4.69) is 25.9 Å². The summed E-state index contributed by atoms with van der Waals surface area (Å²) in [5.74, 6) is 2.12. The summed E-state index contributed by atoms with van der Waals surface area (Å²) in [6.45, 7) is 4.04. The number of thioether (sulfide) groups is 1. The van der Waals surface area contributed by atoms with Gasteiger partial charge in [0.1, 0.15) is 5.39 Å². The summed E-state index contributed by atoms with van der Waals surface area (Å²) in [6, 6.07) is 5.33. The fourth-order valence-corrected chi connectivity index (χ4v) is 5.88. The molecule has 3 aromatic rings. The highest BCUT2D eigenvalue weighted by Crippen LogP contribution is 2.22. The van der Waals surface area contributed by atoms with E-state index in [1.54, 1.807) is 35.2 Å². The molecule has 0 aromatic carbocycles. The van der Waals surface area contributed by atoms with Gasteiger partial charge < -0.3 is 0 Å². The third-order valence-corrected chi connectivity index (χ3v) is 7.70. The average molecular weight is 431 g/mol. The number of aromatic nitrogens is 5. The Balaban J connectivity index is 1.91. The van der Waals surface area contributed by atoms with Crippen molar-refractivity contribution in [3.8, 4) is 5.82 Å². The Labute approximate surface area is 173 Å². The van der Waals surface area contributed by atoms with Crippen LogP contribution in [0.4, 0.5) is 5.82 Å². The molecule has 0 bridgehead atoms. The van der Waals surface area contributed by atoms with Crippen LogP contribution in [0.3, 0.4) is 0 Å². The van der Waals surface area contributed by atoms with Crippen LogP contribution in [-0.2, 0) is 16.3 Å². The number of fused-ring (bicyclic) bond motifs is 1. The summed E-state index contributed by atoms with van der Waals surface area (Å²) in [5, 5.41) is 0.972. The predicted molar refractivity (Wildman–Crippen MR) is 117 cm³/mol. The first-order chi connectivity index (χ1) is 14.0. The summed E-state index contributed by atoms with van der Waals surface area (Å²) in [7, 11) is -2.27. The van der Waals surface area contributed by atoms with Gasteiger partial charge in [0.25, 0.3) is 5.56 Å². The topological polar surface area (TPSA) is 95.0 Å². The molecule has 10 heteroatoms. The Bertz CT molecular complexity index is 1240. The molecule has 8 nitrogen and oxygen atoms in total. The summed E-state index contributed by atoms with van der Waals surface area (Å²) >= 11 is 1.40. The smallest absolute Gasteiger partial charge is 0.267 e. The van der Waals surface area contributed by atoms with Crippen LogP contribution >= 0.6 is 11.8 Å². The number of pyridine rings is 1. The van der Waals surface area contributed by atoms with Crippen molar-refractivity contribution < 1.29 is 4.21 Å². The van der Waals surface area contributed by atoms with Gasteiger partial charge in [-0.05, 0) is 31.2 Å². The predicted octanol–water partition coefficient (Wildman–Crippen LogP) is 3.17. The third-order valence-electron chi connectivity index (χ3n) is 4.76. The first-order valence-corrected chi connectivity index (χ1v) is 12.5. The first kappa shape index (κ1) is 19.8. The number of nitrogens with zero attached hydrogens (tertiary/aromatic N) is 6. The zero-order chi connectivity index (χ0) is 20.4. The molecular weight excluding hydrogens is 408 g/mol. The van der Waals surface area contributed by atoms with Crippen LogP contribution in [0.25, 0.3) is 16.9 Å². The molecule has 3 aromatic heterocycles. The molecule has 0 saturated carbocycles. The average Bonchev–Trinajstić information content (AvgIpc) is 3.00. The summed E-state index contributed by atoms with van der Waals surface area (Å²) in [6.07, 6.45) is 8.02. The second kappa shape index (κ2) is 8.11. The lowest BCUT2D eigenvalue weighted by molar-refractivity contribution is 0.596. The van der Waals surface area contributed by atoms with E-state index in [-0.39, 0.29) is 5.56 Å². The van der Waals surface area contributed by atoms with Crippen molar-refractivity contribution in [1.82, 2.24) is 24.3 Å². The molecule has 0 aliphatic carbocycles. The fourth-order valence-electron chi connectivity index (χ4n) is 3.41. The molecule has 0 spiro atoms. The van der Waals surface area contributed by atoms with Crippen molar-refractivity contribution in [2.45, 2.75) is 31.0 Å². The molecule has 1 saturated heterocycles. The Kier molecular flexibility index (Phi) is 5.55. The van der Waals surface area contributed by atoms with E-state index in [0.717, 1.165) is 19.3 Å². The molecule has 29 heavy (non-hydrogen) atoms. The molecule has 4 heterocycles. The largest absolute Gasteiger partial charge is 0.278 e.